The fraction of sp³-hybridized carbons (Fsp3) is 0.868. The minimum atomic E-state index is -1.73. The summed E-state index contributed by atoms with van der Waals surface area (Å²) in [6.07, 6.45) is -4.01. The van der Waals surface area contributed by atoms with Gasteiger partial charge in [0.25, 0.3) is 5.91 Å². The van der Waals surface area contributed by atoms with Gasteiger partial charge in [-0.2, -0.15) is 0 Å². The molecule has 2 aliphatic carbocycles. The molecule has 0 bridgehead atoms. The van der Waals surface area contributed by atoms with Crippen LogP contribution in [0.3, 0.4) is 0 Å². The molecule has 17 nitrogen and oxygen atoms in total. The molecule has 55 heavy (non-hydrogen) atoms. The first kappa shape index (κ1) is 44.9. The molecule has 17 heteroatoms. The second-order valence-corrected chi connectivity index (χ2v) is 17.9. The summed E-state index contributed by atoms with van der Waals surface area (Å²) in [6, 6.07) is -2.62. The number of nitrogens with zero attached hydrogens (tertiary/aromatic N) is 1. The minimum Gasteiger partial charge on any atom is -0.493 e. The lowest BCUT2D eigenvalue weighted by Gasteiger charge is -2.52. The fourth-order valence-corrected chi connectivity index (χ4v) is 7.58. The van der Waals surface area contributed by atoms with Crippen LogP contribution in [0.4, 0.5) is 9.59 Å². The lowest BCUT2D eigenvalue weighted by molar-refractivity contribution is -0.306. The summed E-state index contributed by atoms with van der Waals surface area (Å²) in [7, 11) is 3.14. The summed E-state index contributed by atoms with van der Waals surface area (Å²) < 4.78 is 29.6. The smallest absolute Gasteiger partial charge is 0.410 e. The van der Waals surface area contributed by atoms with E-state index in [0.29, 0.717) is 18.9 Å². The van der Waals surface area contributed by atoms with Gasteiger partial charge in [0.05, 0.1) is 37.9 Å². The summed E-state index contributed by atoms with van der Waals surface area (Å²) in [5, 5.41) is 58.0. The van der Waals surface area contributed by atoms with Crippen LogP contribution in [0.15, 0.2) is 11.8 Å². The van der Waals surface area contributed by atoms with Crippen molar-refractivity contribution in [1.82, 2.24) is 26.2 Å². The van der Waals surface area contributed by atoms with Crippen molar-refractivity contribution in [2.45, 2.75) is 153 Å². The molecule has 12 atom stereocenters. The average Bonchev–Trinajstić information content (AvgIpc) is 3.89. The summed E-state index contributed by atoms with van der Waals surface area (Å²) in [5.74, 6) is 0.0383. The van der Waals surface area contributed by atoms with E-state index in [0.717, 1.165) is 17.2 Å². The number of hydrogen-bond acceptors (Lipinski definition) is 14. The number of ether oxygens (including phenoxy) is 5. The first-order valence-corrected chi connectivity index (χ1v) is 19.5. The van der Waals surface area contributed by atoms with E-state index >= 15 is 0 Å². The molecule has 12 unspecified atom stereocenters. The van der Waals surface area contributed by atoms with Crippen LogP contribution in [0.1, 0.15) is 81.1 Å². The lowest BCUT2D eigenvalue weighted by atomic mass is 9.71. The van der Waals surface area contributed by atoms with Crippen LogP contribution in [-0.2, 0) is 28.5 Å². The van der Waals surface area contributed by atoms with Crippen molar-refractivity contribution in [3.05, 3.63) is 11.8 Å². The van der Waals surface area contributed by atoms with Crippen LogP contribution >= 0.6 is 0 Å². The Morgan fingerprint density at radius 3 is 2.31 bits per heavy atom. The lowest BCUT2D eigenvalue weighted by Crippen LogP contribution is -2.70. The Bertz CT molecular complexity index is 1350. The first-order chi connectivity index (χ1) is 25.5. The number of nitrogens with one attached hydrogen (secondary N) is 4. The van der Waals surface area contributed by atoms with Gasteiger partial charge in [0.15, 0.2) is 6.29 Å². The van der Waals surface area contributed by atoms with E-state index in [2.05, 4.69) is 27.3 Å². The number of likely N-dealkylation sites (N-methyl/N-ethyl adjacent to an activating group) is 1. The zero-order valence-corrected chi connectivity index (χ0v) is 34.2. The monoisotopic (exact) mass is 785 g/mol. The Labute approximate surface area is 325 Å². The molecular formula is C38H67N5O12. The van der Waals surface area contributed by atoms with Crippen molar-refractivity contribution in [3.63, 3.8) is 0 Å². The molecule has 1 saturated heterocycles. The van der Waals surface area contributed by atoms with Gasteiger partial charge in [-0.05, 0) is 106 Å². The molecule has 3 amide bonds. The Hall–Kier alpha value is -2.77. The number of alkyl carbamates (subject to hydrolysis) is 1. The van der Waals surface area contributed by atoms with Gasteiger partial charge in [0, 0.05) is 19.0 Å². The normalized spacial score (nSPS) is 34.8. The van der Waals surface area contributed by atoms with Gasteiger partial charge < -0.3 is 70.3 Å². The predicted octanol–water partition coefficient (Wildman–Crippen LogP) is 0.723. The summed E-state index contributed by atoms with van der Waals surface area (Å²) in [4.78, 5) is 39.9. The van der Waals surface area contributed by atoms with Gasteiger partial charge in [-0.1, -0.05) is 6.92 Å². The third-order valence-corrected chi connectivity index (χ3v) is 10.5. The Balaban J connectivity index is 1.59. The Morgan fingerprint density at radius 1 is 1.05 bits per heavy atom. The highest BCUT2D eigenvalue weighted by Gasteiger charge is 2.55. The number of carbonyl (C=O) groups excluding carboxylic acids is 3. The minimum absolute atomic E-state index is 0.00583. The molecule has 4 aliphatic rings. The maximum atomic E-state index is 13.4. The molecule has 8 N–H and O–H groups in total. The zero-order chi connectivity index (χ0) is 41.0. The Morgan fingerprint density at radius 2 is 1.71 bits per heavy atom. The van der Waals surface area contributed by atoms with Crippen LogP contribution in [0.25, 0.3) is 0 Å². The van der Waals surface area contributed by atoms with Crippen molar-refractivity contribution < 1.29 is 58.5 Å². The number of allylic oxidation sites excluding steroid dienone is 1. The summed E-state index contributed by atoms with van der Waals surface area (Å²) in [6.45, 7) is 14.3. The van der Waals surface area contributed by atoms with Crippen molar-refractivity contribution in [2.75, 3.05) is 40.3 Å². The molecule has 0 radical (unpaired) electrons. The van der Waals surface area contributed by atoms with E-state index in [-0.39, 0.29) is 18.9 Å². The second-order valence-electron chi connectivity index (χ2n) is 17.9. The highest BCUT2D eigenvalue weighted by Crippen LogP contribution is 2.40. The molecule has 0 aromatic heterocycles. The number of hydrogen-bond donors (Lipinski definition) is 8. The quantitative estimate of drug-likeness (QED) is 0.129. The van der Waals surface area contributed by atoms with E-state index in [1.807, 2.05) is 6.92 Å². The number of aliphatic hydroxyl groups excluding tert-OH is 3. The molecule has 0 aromatic rings. The van der Waals surface area contributed by atoms with Crippen LogP contribution in [0, 0.1) is 17.8 Å². The van der Waals surface area contributed by atoms with Crippen LogP contribution < -0.4 is 21.3 Å². The number of rotatable bonds is 13. The van der Waals surface area contributed by atoms with Gasteiger partial charge in [0.1, 0.15) is 47.0 Å². The predicted molar refractivity (Wildman–Crippen MR) is 200 cm³/mol. The molecule has 2 aliphatic heterocycles. The standard InChI is InChI=1S/C38H67N5O12/c1-20-11-14-22(17-40-16-21-12-13-21)52-29(20)26-23(39-9)15-24(42-32(47)25(44)18-41-34(48)54-36(2,3)4)30(27(26)45)53-33-28(46)31(38(8,50)19-51-33)43(10)35(49)55-37(5,6)7/h14,20-21,23-31,33,39-40,44-46,50H,11-13,15-19H2,1-10H3,(H,41,48)(H,42,47). The number of aliphatic hydroxyl groups is 4. The molecule has 3 fully saturated rings. The second kappa shape index (κ2) is 18.2. The van der Waals surface area contributed by atoms with Gasteiger partial charge >= 0.3 is 12.2 Å². The van der Waals surface area contributed by atoms with Crippen molar-refractivity contribution in [2.24, 2.45) is 17.8 Å². The van der Waals surface area contributed by atoms with E-state index in [1.165, 1.54) is 26.8 Å². The average molecular weight is 786 g/mol. The molecular weight excluding hydrogens is 718 g/mol. The fourth-order valence-electron chi connectivity index (χ4n) is 7.58. The maximum Gasteiger partial charge on any atom is 0.410 e. The maximum absolute atomic E-state index is 13.4. The molecule has 2 heterocycles. The number of amides is 3. The number of carbonyl (C=O) groups is 3. The van der Waals surface area contributed by atoms with E-state index in [4.69, 9.17) is 23.7 Å². The van der Waals surface area contributed by atoms with E-state index < -0.39 is 102 Å². The summed E-state index contributed by atoms with van der Waals surface area (Å²) >= 11 is 0. The van der Waals surface area contributed by atoms with Crippen LogP contribution in [-0.4, -0.2) is 155 Å². The first-order valence-electron chi connectivity index (χ1n) is 19.5. The largest absolute Gasteiger partial charge is 0.493 e. The SMILES string of the molecule is CNC1CC(NC(=O)C(O)CNC(=O)OC(C)(C)C)C(OC2OCC(C)(O)C(N(C)C(=O)OC(C)(C)C)C2O)C(O)C1C1OC(CNCC2CC2)=CCC1C. The van der Waals surface area contributed by atoms with Crippen molar-refractivity contribution >= 4 is 18.1 Å². The molecule has 316 valence electrons. The molecule has 0 aromatic carbocycles. The Kier molecular flexibility index (Phi) is 14.9. The third kappa shape index (κ3) is 12.4. The van der Waals surface area contributed by atoms with Crippen LogP contribution in [0.5, 0.6) is 0 Å². The topological polar surface area (TPSA) is 230 Å². The van der Waals surface area contributed by atoms with Gasteiger partial charge in [0.2, 0.25) is 0 Å². The highest BCUT2D eigenvalue weighted by molar-refractivity contribution is 5.81. The molecule has 2 saturated carbocycles. The van der Waals surface area contributed by atoms with Gasteiger partial charge in [-0.3, -0.25) is 4.79 Å². The zero-order valence-electron chi connectivity index (χ0n) is 34.2. The summed E-state index contributed by atoms with van der Waals surface area (Å²) in [5.41, 5.74) is -3.37. The van der Waals surface area contributed by atoms with E-state index in [9.17, 15) is 34.8 Å². The third-order valence-electron chi connectivity index (χ3n) is 10.5. The van der Waals surface area contributed by atoms with Crippen LogP contribution in [0.2, 0.25) is 0 Å². The van der Waals surface area contributed by atoms with E-state index in [1.54, 1.807) is 48.6 Å². The molecule has 4 rings (SSSR count). The van der Waals surface area contributed by atoms with Crippen molar-refractivity contribution in [1.29, 1.82) is 0 Å². The van der Waals surface area contributed by atoms with Crippen molar-refractivity contribution in [3.8, 4) is 0 Å². The van der Waals surface area contributed by atoms with Gasteiger partial charge in [-0.15, -0.1) is 0 Å². The highest BCUT2D eigenvalue weighted by atomic mass is 16.7. The molecule has 0 spiro atoms. The van der Waals surface area contributed by atoms with Gasteiger partial charge in [-0.25, -0.2) is 9.59 Å².